The van der Waals surface area contributed by atoms with Gasteiger partial charge in [-0.15, -0.1) is 0 Å². The number of hydrogen-bond donors (Lipinski definition) is 1. The second-order valence-electron chi connectivity index (χ2n) is 4.56. The van der Waals surface area contributed by atoms with E-state index in [-0.39, 0.29) is 16.9 Å². The molecule has 0 amide bonds. The van der Waals surface area contributed by atoms with Crippen molar-refractivity contribution in [1.29, 1.82) is 0 Å². The summed E-state index contributed by atoms with van der Waals surface area (Å²) in [6, 6.07) is 2.98. The Labute approximate surface area is 118 Å². The Morgan fingerprint density at radius 3 is 2.68 bits per heavy atom. The first-order valence-corrected chi connectivity index (χ1v) is 7.03. The molecule has 1 atom stereocenters. The molecule has 0 aliphatic carbocycles. The highest BCUT2D eigenvalue weighted by Gasteiger charge is 2.13. The van der Waals surface area contributed by atoms with Gasteiger partial charge < -0.3 is 5.32 Å². The maximum Gasteiger partial charge on any atom is 0.276 e. The lowest BCUT2D eigenvalue weighted by Crippen LogP contribution is -2.20. The fourth-order valence-electron chi connectivity index (χ4n) is 1.96. The maximum atomic E-state index is 10.8. The number of hydrogen-bond acceptors (Lipinski definition) is 4. The third kappa shape index (κ3) is 5.42. The second-order valence-corrected chi connectivity index (χ2v) is 4.95. The summed E-state index contributed by atoms with van der Waals surface area (Å²) in [4.78, 5) is 14.4. The number of nitrogens with one attached hydrogen (secondary N) is 1. The third-order valence-electron chi connectivity index (χ3n) is 2.88. The molecule has 19 heavy (non-hydrogen) atoms. The topological polar surface area (TPSA) is 68.1 Å². The first kappa shape index (κ1) is 15.7. The van der Waals surface area contributed by atoms with E-state index < -0.39 is 4.92 Å². The Hall–Kier alpha value is -1.36. The smallest absolute Gasteiger partial charge is 0.276 e. The number of halogens is 1. The molecule has 0 aliphatic heterocycles. The van der Waals surface area contributed by atoms with Crippen LogP contribution in [0.3, 0.4) is 0 Å². The van der Waals surface area contributed by atoms with Crippen molar-refractivity contribution in [2.45, 2.75) is 52.0 Å². The number of anilines is 1. The third-order valence-corrected chi connectivity index (χ3v) is 3.08. The maximum absolute atomic E-state index is 10.8. The molecule has 0 aromatic carbocycles. The lowest BCUT2D eigenvalue weighted by Gasteiger charge is -2.18. The fourth-order valence-corrected chi connectivity index (χ4v) is 2.16. The first-order chi connectivity index (χ1) is 9.06. The van der Waals surface area contributed by atoms with Gasteiger partial charge in [0.2, 0.25) is 0 Å². The Kier molecular flexibility index (Phi) is 6.56. The van der Waals surface area contributed by atoms with Gasteiger partial charge in [-0.1, -0.05) is 44.7 Å². The quantitative estimate of drug-likeness (QED) is 0.436. The molecule has 106 valence electrons. The van der Waals surface area contributed by atoms with Gasteiger partial charge in [0.1, 0.15) is 11.0 Å². The van der Waals surface area contributed by atoms with E-state index in [0.29, 0.717) is 5.82 Å². The predicted molar refractivity (Wildman–Crippen MR) is 77.7 cm³/mol. The van der Waals surface area contributed by atoms with Crippen LogP contribution in [0.4, 0.5) is 11.5 Å². The molecule has 0 saturated carbocycles. The molecule has 0 spiro atoms. The predicted octanol–water partition coefficient (Wildman–Crippen LogP) is 4.41. The average Bonchev–Trinajstić information content (AvgIpc) is 2.35. The van der Waals surface area contributed by atoms with Gasteiger partial charge in [-0.3, -0.25) is 10.1 Å². The molecule has 1 aromatic heterocycles. The van der Waals surface area contributed by atoms with Crippen LogP contribution in [0.1, 0.15) is 46.0 Å². The van der Waals surface area contributed by atoms with Crippen LogP contribution < -0.4 is 5.32 Å². The summed E-state index contributed by atoms with van der Waals surface area (Å²) in [5, 5.41) is 14.2. The molecule has 5 nitrogen and oxygen atoms in total. The SMILES string of the molecule is CCCCC(CCC)Nc1cc([N+](=O)[O-])cc(Cl)n1. The number of pyridine rings is 1. The minimum absolute atomic E-state index is 0.0340. The zero-order chi connectivity index (χ0) is 14.3. The molecule has 6 heteroatoms. The van der Waals surface area contributed by atoms with E-state index in [1.54, 1.807) is 0 Å². The zero-order valence-corrected chi connectivity index (χ0v) is 12.1. The van der Waals surface area contributed by atoms with Crippen molar-refractivity contribution in [3.63, 3.8) is 0 Å². The normalized spacial score (nSPS) is 12.2. The van der Waals surface area contributed by atoms with E-state index in [2.05, 4.69) is 24.1 Å². The standard InChI is InChI=1S/C13H20ClN3O2/c1-3-5-7-10(6-4-2)15-13-9-11(17(18)19)8-12(14)16-13/h8-10H,3-7H2,1-2H3,(H,15,16). The molecule has 1 rings (SSSR count). The van der Waals surface area contributed by atoms with Crippen LogP contribution in [0.25, 0.3) is 0 Å². The van der Waals surface area contributed by atoms with Gasteiger partial charge in [0.15, 0.2) is 0 Å². The van der Waals surface area contributed by atoms with Gasteiger partial charge in [0.05, 0.1) is 17.1 Å². The number of unbranched alkanes of at least 4 members (excludes halogenated alkanes) is 1. The van der Waals surface area contributed by atoms with Gasteiger partial charge in [-0.05, 0) is 12.8 Å². The molecule has 0 bridgehead atoms. The summed E-state index contributed by atoms with van der Waals surface area (Å²) >= 11 is 5.80. The van der Waals surface area contributed by atoms with Gasteiger partial charge in [-0.2, -0.15) is 0 Å². The summed E-state index contributed by atoms with van der Waals surface area (Å²) in [5.41, 5.74) is -0.0340. The zero-order valence-electron chi connectivity index (χ0n) is 11.4. The van der Waals surface area contributed by atoms with Crippen LogP contribution in [0.5, 0.6) is 0 Å². The van der Waals surface area contributed by atoms with Crippen molar-refractivity contribution in [2.24, 2.45) is 0 Å². The van der Waals surface area contributed by atoms with E-state index >= 15 is 0 Å². The summed E-state index contributed by atoms with van der Waals surface area (Å²) in [6.45, 7) is 4.26. The second kappa shape index (κ2) is 7.94. The molecular weight excluding hydrogens is 266 g/mol. The molecule has 1 N–H and O–H groups in total. The van der Waals surface area contributed by atoms with Crippen LogP contribution in [0, 0.1) is 10.1 Å². The van der Waals surface area contributed by atoms with Crippen LogP contribution in [0.2, 0.25) is 5.15 Å². The molecule has 0 saturated heterocycles. The summed E-state index contributed by atoms with van der Waals surface area (Å²) in [7, 11) is 0. The van der Waals surface area contributed by atoms with Gasteiger partial charge in [0, 0.05) is 6.04 Å². The lowest BCUT2D eigenvalue weighted by atomic mass is 10.1. The minimum Gasteiger partial charge on any atom is -0.367 e. The molecule has 1 unspecified atom stereocenters. The summed E-state index contributed by atoms with van der Waals surface area (Å²) in [5.74, 6) is 0.480. The fraction of sp³-hybridized carbons (Fsp3) is 0.615. The van der Waals surface area contributed by atoms with Gasteiger partial charge in [-0.25, -0.2) is 4.98 Å². The van der Waals surface area contributed by atoms with Gasteiger partial charge in [0.25, 0.3) is 5.69 Å². The molecule has 0 fully saturated rings. The van der Waals surface area contributed by atoms with E-state index in [1.807, 2.05) is 0 Å². The van der Waals surface area contributed by atoms with E-state index in [9.17, 15) is 10.1 Å². The first-order valence-electron chi connectivity index (χ1n) is 6.65. The van der Waals surface area contributed by atoms with Crippen LogP contribution in [-0.2, 0) is 0 Å². The highest BCUT2D eigenvalue weighted by Crippen LogP contribution is 2.22. The monoisotopic (exact) mass is 285 g/mol. The highest BCUT2D eigenvalue weighted by atomic mass is 35.5. The van der Waals surface area contributed by atoms with Gasteiger partial charge >= 0.3 is 0 Å². The lowest BCUT2D eigenvalue weighted by molar-refractivity contribution is -0.384. The van der Waals surface area contributed by atoms with Crippen molar-refractivity contribution in [3.8, 4) is 0 Å². The summed E-state index contributed by atoms with van der Waals surface area (Å²) in [6.07, 6.45) is 5.36. The number of nitrogens with zero attached hydrogens (tertiary/aromatic N) is 2. The number of aromatic nitrogens is 1. The van der Waals surface area contributed by atoms with Crippen molar-refractivity contribution in [3.05, 3.63) is 27.4 Å². The molecular formula is C13H20ClN3O2. The average molecular weight is 286 g/mol. The van der Waals surface area contributed by atoms with E-state index in [1.165, 1.54) is 12.1 Å². The number of nitro groups is 1. The molecule has 0 aliphatic rings. The molecule has 0 radical (unpaired) electrons. The summed E-state index contributed by atoms with van der Waals surface area (Å²) < 4.78 is 0. The van der Waals surface area contributed by atoms with Crippen molar-refractivity contribution < 1.29 is 4.92 Å². The Morgan fingerprint density at radius 1 is 1.37 bits per heavy atom. The van der Waals surface area contributed by atoms with Crippen molar-refractivity contribution in [2.75, 3.05) is 5.32 Å². The van der Waals surface area contributed by atoms with E-state index in [0.717, 1.165) is 32.1 Å². The minimum atomic E-state index is -0.459. The van der Waals surface area contributed by atoms with Crippen molar-refractivity contribution in [1.82, 2.24) is 4.98 Å². The Morgan fingerprint density at radius 2 is 2.11 bits per heavy atom. The van der Waals surface area contributed by atoms with Crippen molar-refractivity contribution >= 4 is 23.1 Å². The van der Waals surface area contributed by atoms with E-state index in [4.69, 9.17) is 11.6 Å². The van der Waals surface area contributed by atoms with Crippen LogP contribution >= 0.6 is 11.6 Å². The molecule has 1 aromatic rings. The molecule has 1 heterocycles. The highest BCUT2D eigenvalue weighted by molar-refractivity contribution is 6.29. The Bertz CT molecular complexity index is 426. The Balaban J connectivity index is 2.79. The number of rotatable bonds is 8. The van der Waals surface area contributed by atoms with Crippen LogP contribution in [0.15, 0.2) is 12.1 Å². The largest absolute Gasteiger partial charge is 0.367 e. The van der Waals surface area contributed by atoms with Crippen LogP contribution in [-0.4, -0.2) is 15.9 Å².